The summed E-state index contributed by atoms with van der Waals surface area (Å²) in [6, 6.07) is 5.34. The Balaban J connectivity index is 2.06. The Morgan fingerprint density at radius 3 is 2.53 bits per heavy atom. The van der Waals surface area contributed by atoms with Gasteiger partial charge >= 0.3 is 6.18 Å². The van der Waals surface area contributed by atoms with Crippen LogP contribution >= 0.6 is 0 Å². The molecule has 38 heavy (non-hydrogen) atoms. The summed E-state index contributed by atoms with van der Waals surface area (Å²) in [4.78, 5) is 15.9. The molecule has 0 fully saturated rings. The number of hydrogen-bond donors (Lipinski definition) is 0. The number of benzene rings is 1. The van der Waals surface area contributed by atoms with Crippen LogP contribution in [-0.4, -0.2) is 56.1 Å². The van der Waals surface area contributed by atoms with Crippen LogP contribution in [0.3, 0.4) is 0 Å². The van der Waals surface area contributed by atoms with E-state index in [1.54, 1.807) is 31.4 Å². The molecule has 1 unspecified atom stereocenters. The number of carbonyl (C=O) groups is 1. The molecule has 8 heteroatoms. The highest BCUT2D eigenvalue weighted by atomic mass is 19.4. The highest BCUT2D eigenvalue weighted by Gasteiger charge is 2.30. The van der Waals surface area contributed by atoms with Gasteiger partial charge in [-0.1, -0.05) is 57.5 Å². The van der Waals surface area contributed by atoms with Crippen molar-refractivity contribution in [2.75, 3.05) is 39.9 Å². The minimum absolute atomic E-state index is 0.175. The van der Waals surface area contributed by atoms with Crippen LogP contribution in [0, 0.1) is 0 Å². The Kier molecular flexibility index (Phi) is 13.2. The standard InChI is InChI=1S/C30H41F3N2O3/c1-5-7-8-17-34(16-6-2)19-20-38-29-22-27(13-10-14-28(29)37-4)35(23-36)18-15-24(3)25-11-9-12-26(21-25)30(31,32)33/h9-13,21-24H,5-8,15-20H2,1-4H3. The van der Waals surface area contributed by atoms with Gasteiger partial charge in [0.2, 0.25) is 12.2 Å². The zero-order valence-corrected chi connectivity index (χ0v) is 23.0. The fraction of sp³-hybridized carbons (Fsp3) is 0.533. The highest BCUT2D eigenvalue weighted by Crippen LogP contribution is 2.32. The third-order valence-electron chi connectivity index (χ3n) is 6.50. The quantitative estimate of drug-likeness (QED) is 0.122. The summed E-state index contributed by atoms with van der Waals surface area (Å²) in [5.74, 6) is 0.744. The third-order valence-corrected chi connectivity index (χ3v) is 6.50. The minimum atomic E-state index is -4.39. The molecular weight excluding hydrogens is 493 g/mol. The SMILES string of the molecule is CCCCCN(CCC)CCOC1=CC(N(C=O)CCC(C)c2cccc(C(F)(F)F)c2)=CC=C=C1OC. The molecule has 1 aliphatic rings. The molecule has 1 atom stereocenters. The first-order valence-electron chi connectivity index (χ1n) is 13.4. The van der Waals surface area contributed by atoms with Crippen molar-refractivity contribution >= 4 is 6.41 Å². The van der Waals surface area contributed by atoms with Gasteiger partial charge in [0.1, 0.15) is 6.61 Å². The number of allylic oxidation sites excluding steroid dienone is 2. The molecule has 0 saturated carbocycles. The lowest BCUT2D eigenvalue weighted by atomic mass is 9.95. The van der Waals surface area contributed by atoms with E-state index < -0.39 is 11.7 Å². The molecule has 0 heterocycles. The molecule has 0 N–H and O–H groups in total. The topological polar surface area (TPSA) is 42.0 Å². The van der Waals surface area contributed by atoms with E-state index in [0.29, 0.717) is 42.4 Å². The van der Waals surface area contributed by atoms with Gasteiger partial charge in [0.25, 0.3) is 0 Å². The van der Waals surface area contributed by atoms with Crippen molar-refractivity contribution in [1.29, 1.82) is 0 Å². The highest BCUT2D eigenvalue weighted by molar-refractivity contribution is 5.54. The maximum absolute atomic E-state index is 13.1. The number of alkyl halides is 3. The van der Waals surface area contributed by atoms with Crippen molar-refractivity contribution < 1.29 is 27.4 Å². The average Bonchev–Trinajstić information content (AvgIpc) is 3.10. The predicted octanol–water partition coefficient (Wildman–Crippen LogP) is 7.04. The van der Waals surface area contributed by atoms with E-state index >= 15 is 0 Å². The summed E-state index contributed by atoms with van der Waals surface area (Å²) < 4.78 is 50.9. The second kappa shape index (κ2) is 16.1. The van der Waals surface area contributed by atoms with Crippen molar-refractivity contribution in [2.45, 2.75) is 65.0 Å². The largest absolute Gasteiger partial charge is 0.488 e. The molecule has 0 aromatic heterocycles. The van der Waals surface area contributed by atoms with Crippen molar-refractivity contribution in [2.24, 2.45) is 0 Å². The number of ether oxygens (including phenoxy) is 2. The number of amides is 1. The Labute approximate surface area is 225 Å². The van der Waals surface area contributed by atoms with E-state index in [1.165, 1.54) is 29.9 Å². The summed E-state index contributed by atoms with van der Waals surface area (Å²) in [5, 5.41) is 0. The number of rotatable bonds is 17. The van der Waals surface area contributed by atoms with Crippen LogP contribution < -0.4 is 0 Å². The fourth-order valence-electron chi connectivity index (χ4n) is 4.25. The Morgan fingerprint density at radius 2 is 1.87 bits per heavy atom. The van der Waals surface area contributed by atoms with E-state index in [2.05, 4.69) is 24.5 Å². The number of methoxy groups -OCH3 is 1. The number of hydrogen-bond acceptors (Lipinski definition) is 4. The summed E-state index contributed by atoms with van der Waals surface area (Å²) in [6.07, 6.45) is 6.59. The van der Waals surface area contributed by atoms with Gasteiger partial charge in [-0.2, -0.15) is 13.2 Å². The molecule has 2 rings (SSSR count). The number of nitrogens with zero attached hydrogens (tertiary/aromatic N) is 2. The maximum atomic E-state index is 13.1. The van der Waals surface area contributed by atoms with Gasteiger partial charge in [-0.3, -0.25) is 9.69 Å². The molecular formula is C30H41F3N2O3. The smallest absolute Gasteiger partial charge is 0.416 e. The van der Waals surface area contributed by atoms with Gasteiger partial charge in [0.05, 0.1) is 12.7 Å². The second-order valence-corrected chi connectivity index (χ2v) is 9.45. The van der Waals surface area contributed by atoms with Gasteiger partial charge < -0.3 is 14.4 Å². The van der Waals surface area contributed by atoms with Crippen LogP contribution in [0.5, 0.6) is 0 Å². The summed E-state index contributed by atoms with van der Waals surface area (Å²) in [6.45, 7) is 9.83. The molecule has 0 aliphatic heterocycles. The molecule has 5 nitrogen and oxygen atoms in total. The van der Waals surface area contributed by atoms with Crippen molar-refractivity contribution in [3.05, 3.63) is 76.6 Å². The number of carbonyl (C=O) groups excluding carboxylic acids is 1. The predicted molar refractivity (Wildman–Crippen MR) is 144 cm³/mol. The Bertz CT molecular complexity index is 1010. The Hall–Kier alpha value is -2.96. The van der Waals surface area contributed by atoms with Gasteiger partial charge in [0.15, 0.2) is 5.76 Å². The molecule has 0 spiro atoms. The summed E-state index contributed by atoms with van der Waals surface area (Å²) in [5.41, 5.74) is 3.55. The van der Waals surface area contributed by atoms with E-state index in [9.17, 15) is 18.0 Å². The van der Waals surface area contributed by atoms with Crippen molar-refractivity contribution in [3.8, 4) is 0 Å². The molecule has 1 aliphatic carbocycles. The zero-order chi connectivity index (χ0) is 28.0. The van der Waals surface area contributed by atoms with Gasteiger partial charge in [-0.15, -0.1) is 0 Å². The summed E-state index contributed by atoms with van der Waals surface area (Å²) in [7, 11) is 1.54. The Morgan fingerprint density at radius 1 is 1.08 bits per heavy atom. The van der Waals surface area contributed by atoms with Crippen LogP contribution in [0.2, 0.25) is 0 Å². The summed E-state index contributed by atoms with van der Waals surface area (Å²) >= 11 is 0. The monoisotopic (exact) mass is 534 g/mol. The normalized spacial score (nSPS) is 14.4. The number of unbranched alkanes of at least 4 members (excludes halogenated alkanes) is 2. The van der Waals surface area contributed by atoms with Crippen molar-refractivity contribution in [1.82, 2.24) is 9.80 Å². The molecule has 0 bridgehead atoms. The lowest BCUT2D eigenvalue weighted by molar-refractivity contribution is -0.137. The lowest BCUT2D eigenvalue weighted by Gasteiger charge is -2.23. The minimum Gasteiger partial charge on any atom is -0.488 e. The third kappa shape index (κ3) is 10.1. The first-order valence-corrected chi connectivity index (χ1v) is 13.4. The lowest BCUT2D eigenvalue weighted by Crippen LogP contribution is -2.29. The second-order valence-electron chi connectivity index (χ2n) is 9.45. The van der Waals surface area contributed by atoms with E-state index in [1.807, 2.05) is 6.92 Å². The fourth-order valence-corrected chi connectivity index (χ4v) is 4.25. The maximum Gasteiger partial charge on any atom is 0.416 e. The average molecular weight is 535 g/mol. The molecule has 1 amide bonds. The van der Waals surface area contributed by atoms with Crippen LogP contribution in [-0.2, 0) is 20.4 Å². The van der Waals surface area contributed by atoms with Crippen LogP contribution in [0.15, 0.2) is 65.4 Å². The molecule has 1 aromatic carbocycles. The van der Waals surface area contributed by atoms with Gasteiger partial charge in [-0.25, -0.2) is 0 Å². The molecule has 0 radical (unpaired) electrons. The van der Waals surface area contributed by atoms with E-state index in [-0.39, 0.29) is 5.92 Å². The van der Waals surface area contributed by atoms with Crippen LogP contribution in [0.25, 0.3) is 0 Å². The number of halogens is 3. The van der Waals surface area contributed by atoms with Crippen molar-refractivity contribution in [3.63, 3.8) is 0 Å². The van der Waals surface area contributed by atoms with Gasteiger partial charge in [-0.05, 0) is 62.1 Å². The van der Waals surface area contributed by atoms with E-state index in [0.717, 1.165) is 45.0 Å². The van der Waals surface area contributed by atoms with Crippen LogP contribution in [0.4, 0.5) is 13.2 Å². The molecule has 210 valence electrons. The van der Waals surface area contributed by atoms with Gasteiger partial charge in [0, 0.05) is 24.9 Å². The molecule has 1 aromatic rings. The first kappa shape index (κ1) is 31.3. The van der Waals surface area contributed by atoms with E-state index in [4.69, 9.17) is 9.47 Å². The van der Waals surface area contributed by atoms with Crippen LogP contribution in [0.1, 0.15) is 69.9 Å². The zero-order valence-electron chi connectivity index (χ0n) is 23.0. The molecule has 0 saturated heterocycles. The first-order chi connectivity index (χ1) is 18.2.